The van der Waals surface area contributed by atoms with E-state index in [-0.39, 0.29) is 11.7 Å². The first kappa shape index (κ1) is 19.6. The summed E-state index contributed by atoms with van der Waals surface area (Å²) in [6.07, 6.45) is 4.53. The van der Waals surface area contributed by atoms with Gasteiger partial charge in [0.25, 0.3) is 0 Å². The molecule has 1 aliphatic carbocycles. The molecule has 0 aromatic rings. The largest absolute Gasteiger partial charge is 0.430 e. The molecule has 2 aliphatic rings. The molecule has 6 heteroatoms. The summed E-state index contributed by atoms with van der Waals surface area (Å²) in [4.78, 5) is 29.7. The van der Waals surface area contributed by atoms with Crippen molar-refractivity contribution in [1.82, 2.24) is 0 Å². The predicted octanol–water partition coefficient (Wildman–Crippen LogP) is 3.40. The Hall–Kier alpha value is -1.69. The number of Topliss-reactive ketones (excluding diaryl/α,β-unsaturated/α-hetero) is 1. The molecule has 140 valence electrons. The first-order valence-electron chi connectivity index (χ1n) is 9.28. The summed E-state index contributed by atoms with van der Waals surface area (Å²) in [6.45, 7) is 7.12. The molecule has 1 heterocycles. The summed E-state index contributed by atoms with van der Waals surface area (Å²) in [6, 6.07) is 0. The Kier molecular flexibility index (Phi) is 7.62. The molecule has 0 aromatic carbocycles. The Morgan fingerprint density at radius 3 is 2.68 bits per heavy atom. The molecule has 0 aromatic heterocycles. The molecule has 2 atom stereocenters. The Morgan fingerprint density at radius 2 is 2.08 bits per heavy atom. The zero-order chi connectivity index (χ0) is 18.2. The van der Waals surface area contributed by atoms with E-state index in [1.165, 1.54) is 6.92 Å². The number of oxime groups is 1. The third-order valence-electron chi connectivity index (χ3n) is 4.66. The van der Waals surface area contributed by atoms with Crippen molar-refractivity contribution in [3.8, 4) is 0 Å². The van der Waals surface area contributed by atoms with E-state index in [1.807, 2.05) is 13.8 Å². The van der Waals surface area contributed by atoms with E-state index in [4.69, 9.17) is 14.3 Å². The molecule has 0 radical (unpaired) electrons. The summed E-state index contributed by atoms with van der Waals surface area (Å²) in [5, 5.41) is 4.12. The Morgan fingerprint density at radius 1 is 1.28 bits per heavy atom. The van der Waals surface area contributed by atoms with Gasteiger partial charge in [-0.3, -0.25) is 9.59 Å². The van der Waals surface area contributed by atoms with Gasteiger partial charge < -0.3 is 14.3 Å². The summed E-state index contributed by atoms with van der Waals surface area (Å²) in [7, 11) is 0. The minimum atomic E-state index is -0.409. The van der Waals surface area contributed by atoms with Gasteiger partial charge in [0.2, 0.25) is 0 Å². The number of carbonyl (C=O) groups excluding carboxylic acids is 2. The van der Waals surface area contributed by atoms with Crippen LogP contribution in [0, 0.1) is 11.8 Å². The average molecular weight is 351 g/mol. The number of allylic oxidation sites excluding steroid dienone is 2. The Labute approximate surface area is 149 Å². The highest BCUT2D eigenvalue weighted by Gasteiger charge is 2.36. The second-order valence-electron chi connectivity index (χ2n) is 6.67. The number of carbonyl (C=O) groups is 2. The van der Waals surface area contributed by atoms with Gasteiger partial charge in [-0.2, -0.15) is 0 Å². The van der Waals surface area contributed by atoms with Crippen molar-refractivity contribution >= 4 is 17.5 Å². The molecular formula is C19H29NO5. The molecule has 1 aliphatic heterocycles. The molecule has 1 fully saturated rings. The monoisotopic (exact) mass is 351 g/mol. The lowest BCUT2D eigenvalue weighted by atomic mass is 9.76. The first-order chi connectivity index (χ1) is 12.1. The van der Waals surface area contributed by atoms with Crippen molar-refractivity contribution in [1.29, 1.82) is 0 Å². The molecule has 0 amide bonds. The van der Waals surface area contributed by atoms with Crippen molar-refractivity contribution in [2.24, 2.45) is 17.0 Å². The van der Waals surface area contributed by atoms with Crippen molar-refractivity contribution < 1.29 is 23.9 Å². The van der Waals surface area contributed by atoms with Crippen molar-refractivity contribution in [3.63, 3.8) is 0 Å². The molecule has 6 nitrogen and oxygen atoms in total. The molecule has 0 saturated carbocycles. The van der Waals surface area contributed by atoms with E-state index >= 15 is 0 Å². The van der Waals surface area contributed by atoms with Gasteiger partial charge in [0.05, 0.1) is 11.3 Å². The highest BCUT2D eigenvalue weighted by Crippen LogP contribution is 2.37. The smallest absolute Gasteiger partial charge is 0.307 e. The van der Waals surface area contributed by atoms with Crippen LogP contribution < -0.4 is 0 Å². The molecule has 0 spiro atoms. The van der Waals surface area contributed by atoms with E-state index < -0.39 is 5.97 Å². The maximum absolute atomic E-state index is 12.9. The second-order valence-corrected chi connectivity index (χ2v) is 6.67. The zero-order valence-electron chi connectivity index (χ0n) is 15.5. The lowest BCUT2D eigenvalue weighted by Gasteiger charge is -2.33. The lowest BCUT2D eigenvalue weighted by molar-refractivity contribution is -0.137. The van der Waals surface area contributed by atoms with Crippen LogP contribution in [0.3, 0.4) is 0 Å². The van der Waals surface area contributed by atoms with Gasteiger partial charge in [-0.05, 0) is 38.0 Å². The fourth-order valence-electron chi connectivity index (χ4n) is 3.56. The summed E-state index contributed by atoms with van der Waals surface area (Å²) in [5.74, 6) is 0.522. The van der Waals surface area contributed by atoms with Gasteiger partial charge in [-0.1, -0.05) is 18.5 Å². The van der Waals surface area contributed by atoms with Crippen molar-refractivity contribution in [2.45, 2.75) is 59.3 Å². The molecule has 2 rings (SSSR count). The number of hydrogen-bond donors (Lipinski definition) is 0. The summed E-state index contributed by atoms with van der Waals surface area (Å²) < 4.78 is 11.0. The van der Waals surface area contributed by atoms with Gasteiger partial charge in [0.15, 0.2) is 5.78 Å². The van der Waals surface area contributed by atoms with Gasteiger partial charge >= 0.3 is 5.97 Å². The van der Waals surface area contributed by atoms with Crippen LogP contribution in [0.5, 0.6) is 0 Å². The van der Waals surface area contributed by atoms with Crippen LogP contribution in [0.1, 0.15) is 59.3 Å². The molecule has 0 N–H and O–H groups in total. The van der Waals surface area contributed by atoms with Gasteiger partial charge in [-0.25, -0.2) is 0 Å². The maximum atomic E-state index is 12.9. The molecule has 1 saturated heterocycles. The molecule has 0 bridgehead atoms. The van der Waals surface area contributed by atoms with Crippen LogP contribution in [0.15, 0.2) is 16.5 Å². The second kappa shape index (κ2) is 9.70. The summed E-state index contributed by atoms with van der Waals surface area (Å²) >= 11 is 0. The molecule has 25 heavy (non-hydrogen) atoms. The standard InChI is InChI=1S/C19H29NO5/c1-4-7-16(20-24-5-2)19-17(22)10-15(11-18(19)25-13(3)21)14-8-6-9-23-12-14/h14-15H,4-12H2,1-3H3. The average Bonchev–Trinajstić information content (AvgIpc) is 2.59. The van der Waals surface area contributed by atoms with Crippen LogP contribution in [0.4, 0.5) is 0 Å². The van der Waals surface area contributed by atoms with Gasteiger partial charge in [-0.15, -0.1) is 0 Å². The topological polar surface area (TPSA) is 74.2 Å². The van der Waals surface area contributed by atoms with E-state index in [0.29, 0.717) is 55.4 Å². The number of rotatable bonds is 7. The maximum Gasteiger partial charge on any atom is 0.307 e. The minimum Gasteiger partial charge on any atom is -0.430 e. The highest BCUT2D eigenvalue weighted by atomic mass is 16.6. The van der Waals surface area contributed by atoms with Crippen molar-refractivity contribution in [3.05, 3.63) is 11.3 Å². The SMILES string of the molecule is CCCC(=NOCC)C1=C(OC(C)=O)CC(C2CCCOC2)CC1=O. The van der Waals surface area contributed by atoms with E-state index in [1.54, 1.807) is 0 Å². The normalized spacial score (nSPS) is 25.1. The summed E-state index contributed by atoms with van der Waals surface area (Å²) in [5.41, 5.74) is 1.03. The van der Waals surface area contributed by atoms with Crippen LogP contribution in [-0.2, 0) is 23.9 Å². The number of hydrogen-bond acceptors (Lipinski definition) is 6. The van der Waals surface area contributed by atoms with Gasteiger partial charge in [0, 0.05) is 33.0 Å². The van der Waals surface area contributed by atoms with E-state index in [9.17, 15) is 9.59 Å². The third-order valence-corrected chi connectivity index (χ3v) is 4.66. The number of esters is 1. The quantitative estimate of drug-likeness (QED) is 0.399. The fourth-order valence-corrected chi connectivity index (χ4v) is 3.56. The van der Waals surface area contributed by atoms with Crippen molar-refractivity contribution in [2.75, 3.05) is 19.8 Å². The fraction of sp³-hybridized carbons (Fsp3) is 0.737. The molecular weight excluding hydrogens is 322 g/mol. The lowest BCUT2D eigenvalue weighted by Crippen LogP contribution is -2.33. The Bertz CT molecular complexity index is 546. The third kappa shape index (κ3) is 5.39. The van der Waals surface area contributed by atoms with Gasteiger partial charge in [0.1, 0.15) is 12.4 Å². The van der Waals surface area contributed by atoms with Crippen LogP contribution >= 0.6 is 0 Å². The van der Waals surface area contributed by atoms with Crippen LogP contribution in [0.2, 0.25) is 0 Å². The van der Waals surface area contributed by atoms with Crippen LogP contribution in [-0.4, -0.2) is 37.3 Å². The number of nitrogens with zero attached hydrogens (tertiary/aromatic N) is 1. The minimum absolute atomic E-state index is 0.00928. The number of ketones is 1. The first-order valence-corrected chi connectivity index (χ1v) is 9.28. The zero-order valence-corrected chi connectivity index (χ0v) is 15.5. The van der Waals surface area contributed by atoms with Crippen LogP contribution in [0.25, 0.3) is 0 Å². The Balaban J connectivity index is 2.31. The predicted molar refractivity (Wildman–Crippen MR) is 94.0 cm³/mol. The number of ether oxygens (including phenoxy) is 2. The highest BCUT2D eigenvalue weighted by molar-refractivity contribution is 6.23. The van der Waals surface area contributed by atoms with E-state index in [2.05, 4.69) is 5.16 Å². The van der Waals surface area contributed by atoms with E-state index in [0.717, 1.165) is 25.9 Å². The molecule has 2 unspecified atom stereocenters.